The summed E-state index contributed by atoms with van der Waals surface area (Å²) in [6.07, 6.45) is 0. The summed E-state index contributed by atoms with van der Waals surface area (Å²) in [7, 11) is 0. The number of hydrogen-bond acceptors (Lipinski definition) is 2. The number of furan rings is 1. The van der Waals surface area contributed by atoms with Crippen molar-refractivity contribution in [2.45, 2.75) is 0 Å². The monoisotopic (exact) mass is 313 g/mol. The fourth-order valence-corrected chi connectivity index (χ4v) is 2.80. The molecule has 4 heteroatoms. The first-order chi connectivity index (χ1) is 9.24. The third-order valence-corrected chi connectivity index (χ3v) is 3.80. The molecule has 0 aliphatic rings. The van der Waals surface area contributed by atoms with Crippen molar-refractivity contribution in [1.82, 2.24) is 4.98 Å². The average molecular weight is 314 g/mol. The van der Waals surface area contributed by atoms with Gasteiger partial charge in [0.25, 0.3) is 5.56 Å². The number of pyridine rings is 1. The molecule has 2 aromatic heterocycles. The van der Waals surface area contributed by atoms with Gasteiger partial charge in [0.05, 0.1) is 10.9 Å². The number of hydrogen-bond donors (Lipinski definition) is 1. The first kappa shape index (κ1) is 10.8. The molecule has 2 heterocycles. The maximum absolute atomic E-state index is 12.1. The lowest BCUT2D eigenvalue weighted by molar-refractivity contribution is 0.672. The molecule has 0 aliphatic heterocycles. The summed E-state index contributed by atoms with van der Waals surface area (Å²) >= 11 is 3.44. The lowest BCUT2D eigenvalue weighted by Gasteiger charge is -1.97. The number of benzene rings is 2. The van der Waals surface area contributed by atoms with Gasteiger partial charge >= 0.3 is 0 Å². The molecule has 0 unspecified atom stereocenters. The Balaban J connectivity index is 2.36. The minimum absolute atomic E-state index is 0.0919. The van der Waals surface area contributed by atoms with Crippen molar-refractivity contribution in [3.05, 3.63) is 57.3 Å². The highest BCUT2D eigenvalue weighted by Crippen LogP contribution is 2.32. The van der Waals surface area contributed by atoms with Crippen LogP contribution in [0.25, 0.3) is 32.8 Å². The Morgan fingerprint density at radius 2 is 1.79 bits per heavy atom. The zero-order chi connectivity index (χ0) is 13.0. The van der Waals surface area contributed by atoms with E-state index in [1.807, 2.05) is 36.4 Å². The highest BCUT2D eigenvalue weighted by atomic mass is 79.9. The Morgan fingerprint density at radius 3 is 2.63 bits per heavy atom. The molecule has 0 amide bonds. The van der Waals surface area contributed by atoms with Gasteiger partial charge in [-0.2, -0.15) is 0 Å². The molecule has 2 aromatic carbocycles. The van der Waals surface area contributed by atoms with Crippen LogP contribution in [0.1, 0.15) is 0 Å². The van der Waals surface area contributed by atoms with E-state index in [0.29, 0.717) is 5.39 Å². The molecule has 3 nitrogen and oxygen atoms in total. The third-order valence-electron chi connectivity index (χ3n) is 3.30. The van der Waals surface area contributed by atoms with Crippen molar-refractivity contribution in [3.8, 4) is 0 Å². The number of aromatic amines is 1. The zero-order valence-corrected chi connectivity index (χ0v) is 11.3. The van der Waals surface area contributed by atoms with Gasteiger partial charge in [0.15, 0.2) is 5.58 Å². The Morgan fingerprint density at radius 1 is 1.00 bits per heavy atom. The lowest BCUT2D eigenvalue weighted by atomic mass is 10.1. The van der Waals surface area contributed by atoms with Gasteiger partial charge in [-0.15, -0.1) is 0 Å². The van der Waals surface area contributed by atoms with Crippen LogP contribution in [0.5, 0.6) is 0 Å². The molecule has 0 aliphatic carbocycles. The van der Waals surface area contributed by atoms with Crippen molar-refractivity contribution >= 4 is 48.8 Å². The number of rotatable bonds is 0. The van der Waals surface area contributed by atoms with Crippen LogP contribution in [0.3, 0.4) is 0 Å². The quantitative estimate of drug-likeness (QED) is 0.529. The molecule has 1 N–H and O–H groups in total. The fourth-order valence-electron chi connectivity index (χ4n) is 2.44. The second-order valence-electron chi connectivity index (χ2n) is 4.45. The minimum atomic E-state index is -0.0919. The molecule has 92 valence electrons. The van der Waals surface area contributed by atoms with Gasteiger partial charge in [0, 0.05) is 15.2 Å². The van der Waals surface area contributed by atoms with Crippen LogP contribution >= 0.6 is 15.9 Å². The van der Waals surface area contributed by atoms with Gasteiger partial charge < -0.3 is 9.40 Å². The fraction of sp³-hybridized carbons (Fsp3) is 0. The predicted molar refractivity (Wildman–Crippen MR) is 79.5 cm³/mol. The van der Waals surface area contributed by atoms with Crippen LogP contribution in [0.4, 0.5) is 0 Å². The number of halogens is 1. The number of H-pyrrole nitrogens is 1. The maximum atomic E-state index is 12.1. The molecule has 0 saturated heterocycles. The van der Waals surface area contributed by atoms with Gasteiger partial charge in [-0.25, -0.2) is 0 Å². The van der Waals surface area contributed by atoms with Crippen molar-refractivity contribution in [3.63, 3.8) is 0 Å². The molecule has 0 fully saturated rings. The Kier molecular flexibility index (Phi) is 2.11. The molecule has 0 spiro atoms. The molecule has 0 saturated carbocycles. The highest BCUT2D eigenvalue weighted by Gasteiger charge is 2.12. The Labute approximate surface area is 116 Å². The molecule has 4 rings (SSSR count). The van der Waals surface area contributed by atoms with Crippen LogP contribution < -0.4 is 5.56 Å². The van der Waals surface area contributed by atoms with Crippen LogP contribution in [-0.4, -0.2) is 4.98 Å². The summed E-state index contributed by atoms with van der Waals surface area (Å²) in [5.74, 6) is 0. The second-order valence-corrected chi connectivity index (χ2v) is 5.36. The number of nitrogens with one attached hydrogen (secondary N) is 1. The van der Waals surface area contributed by atoms with Crippen molar-refractivity contribution in [2.75, 3.05) is 0 Å². The summed E-state index contributed by atoms with van der Waals surface area (Å²) in [5.41, 5.74) is 2.15. The van der Waals surface area contributed by atoms with Crippen molar-refractivity contribution < 1.29 is 4.42 Å². The van der Waals surface area contributed by atoms with Crippen molar-refractivity contribution in [2.24, 2.45) is 0 Å². The number of fused-ring (bicyclic) bond motifs is 5. The SMILES string of the molecule is O=c1[nH]c2c3cc(Br)ccc3oc2c2ccccc12. The van der Waals surface area contributed by atoms with E-state index in [1.165, 1.54) is 0 Å². The van der Waals surface area contributed by atoms with Crippen LogP contribution in [0, 0.1) is 0 Å². The van der Waals surface area contributed by atoms with E-state index in [4.69, 9.17) is 4.42 Å². The van der Waals surface area contributed by atoms with E-state index in [1.54, 1.807) is 6.07 Å². The first-order valence-electron chi connectivity index (χ1n) is 5.87. The topological polar surface area (TPSA) is 46.0 Å². The first-order valence-corrected chi connectivity index (χ1v) is 6.66. The Bertz CT molecular complexity index is 997. The second kappa shape index (κ2) is 3.71. The largest absolute Gasteiger partial charge is 0.454 e. The standard InChI is InChI=1S/C15H8BrNO2/c16-8-5-6-12-11(7-8)13-14(19-12)9-3-1-2-4-10(9)15(18)17-13/h1-7H,(H,17,18). The van der Waals surface area contributed by atoms with E-state index < -0.39 is 0 Å². The lowest BCUT2D eigenvalue weighted by Crippen LogP contribution is -2.05. The molecule has 19 heavy (non-hydrogen) atoms. The molecule has 0 atom stereocenters. The summed E-state index contributed by atoms with van der Waals surface area (Å²) in [4.78, 5) is 15.0. The summed E-state index contributed by atoms with van der Waals surface area (Å²) in [6, 6.07) is 13.2. The number of aromatic nitrogens is 1. The normalized spacial score (nSPS) is 11.6. The summed E-state index contributed by atoms with van der Waals surface area (Å²) < 4.78 is 6.84. The molecule has 0 radical (unpaired) electrons. The summed E-state index contributed by atoms with van der Waals surface area (Å²) in [6.45, 7) is 0. The van der Waals surface area contributed by atoms with E-state index >= 15 is 0 Å². The van der Waals surface area contributed by atoms with Crippen molar-refractivity contribution in [1.29, 1.82) is 0 Å². The predicted octanol–water partition coefficient (Wildman–Crippen LogP) is 4.19. The average Bonchev–Trinajstić information content (AvgIpc) is 2.78. The van der Waals surface area contributed by atoms with Crippen LogP contribution in [0.2, 0.25) is 0 Å². The van der Waals surface area contributed by atoms with Crippen LogP contribution in [-0.2, 0) is 0 Å². The Hall–Kier alpha value is -2.07. The molecular formula is C15H8BrNO2. The van der Waals surface area contributed by atoms with Gasteiger partial charge in [0.1, 0.15) is 5.58 Å². The smallest absolute Gasteiger partial charge is 0.256 e. The van der Waals surface area contributed by atoms with E-state index in [9.17, 15) is 4.79 Å². The molecular weight excluding hydrogens is 306 g/mol. The van der Waals surface area contributed by atoms with Gasteiger partial charge in [-0.05, 0) is 24.3 Å². The van der Waals surface area contributed by atoms with Gasteiger partial charge in [-0.1, -0.05) is 34.1 Å². The van der Waals surface area contributed by atoms with E-state index in [2.05, 4.69) is 20.9 Å². The zero-order valence-electron chi connectivity index (χ0n) is 9.74. The molecule has 4 aromatic rings. The molecule has 0 bridgehead atoms. The van der Waals surface area contributed by atoms with Gasteiger partial charge in [-0.3, -0.25) is 4.79 Å². The highest BCUT2D eigenvalue weighted by molar-refractivity contribution is 9.10. The summed E-state index contributed by atoms with van der Waals surface area (Å²) in [5, 5.41) is 2.40. The minimum Gasteiger partial charge on any atom is -0.454 e. The van der Waals surface area contributed by atoms with E-state index in [-0.39, 0.29) is 5.56 Å². The maximum Gasteiger partial charge on any atom is 0.256 e. The van der Waals surface area contributed by atoms with Crippen LogP contribution in [0.15, 0.2) is 56.1 Å². The third kappa shape index (κ3) is 1.47. The van der Waals surface area contributed by atoms with Gasteiger partial charge in [0.2, 0.25) is 0 Å². The van der Waals surface area contributed by atoms with E-state index in [0.717, 1.165) is 31.9 Å².